The quantitative estimate of drug-likeness (QED) is 0.0995. The molecule has 0 aromatic heterocycles. The van der Waals surface area contributed by atoms with Crippen molar-refractivity contribution in [3.8, 4) is 0 Å². The second-order valence-corrected chi connectivity index (χ2v) is 17.1. The van der Waals surface area contributed by atoms with Gasteiger partial charge in [0.15, 0.2) is 0 Å². The number of hydrogen-bond acceptors (Lipinski definition) is 16. The van der Waals surface area contributed by atoms with Crippen LogP contribution in [0.5, 0.6) is 0 Å². The summed E-state index contributed by atoms with van der Waals surface area (Å²) in [7, 11) is 0. The highest BCUT2D eigenvalue weighted by Crippen LogP contribution is 2.22. The molecule has 9 atom stereocenters. The van der Waals surface area contributed by atoms with Crippen LogP contribution in [-0.2, 0) is 64.2 Å². The maximum Gasteiger partial charge on any atom is 0.305 e. The Bertz CT molecular complexity index is 1940. The van der Waals surface area contributed by atoms with Crippen LogP contribution in [0.15, 0.2) is 24.3 Å². The molecule has 1 aromatic rings. The van der Waals surface area contributed by atoms with Crippen LogP contribution in [0.3, 0.4) is 0 Å². The second kappa shape index (κ2) is 28.1. The van der Waals surface area contributed by atoms with Gasteiger partial charge in [-0.1, -0.05) is 24.3 Å². The highest BCUT2D eigenvalue weighted by molar-refractivity contribution is 7.98. The Morgan fingerprint density at radius 2 is 1.29 bits per heavy atom. The highest BCUT2D eigenvalue weighted by atomic mass is 32.2. The van der Waals surface area contributed by atoms with Gasteiger partial charge in [-0.05, 0) is 37.8 Å². The summed E-state index contributed by atoms with van der Waals surface area (Å²) in [6, 6.07) is -3.67. The van der Waals surface area contributed by atoms with Gasteiger partial charge in [-0.15, -0.1) is 0 Å². The van der Waals surface area contributed by atoms with E-state index in [9.17, 15) is 78.3 Å². The number of rotatable bonds is 11. The van der Waals surface area contributed by atoms with Crippen molar-refractivity contribution in [1.29, 1.82) is 0 Å². The lowest BCUT2D eigenvalue weighted by molar-refractivity contribution is -0.141. The number of hydrogen-bond donors (Lipinski definition) is 14. The van der Waals surface area contributed by atoms with E-state index in [0.717, 1.165) is 25.0 Å². The number of amides is 8. The fourth-order valence-corrected chi connectivity index (χ4v) is 8.19. The Morgan fingerprint density at radius 1 is 0.742 bits per heavy atom. The van der Waals surface area contributed by atoms with E-state index in [1.54, 1.807) is 24.3 Å². The first-order valence-electron chi connectivity index (χ1n) is 20.3. The van der Waals surface area contributed by atoms with Gasteiger partial charge in [-0.25, -0.2) is 0 Å². The Balaban J connectivity index is 2.54. The summed E-state index contributed by atoms with van der Waals surface area (Å²) in [5, 5.41) is 68.2. The fourth-order valence-electron chi connectivity index (χ4n) is 6.00. The number of nitrogens with two attached hydrogens (primary N) is 1. The third kappa shape index (κ3) is 20.4. The minimum atomic E-state index is -1.88. The van der Waals surface area contributed by atoms with E-state index in [1.807, 2.05) is 0 Å². The summed E-state index contributed by atoms with van der Waals surface area (Å²) in [5.74, 6) is -11.7. The van der Waals surface area contributed by atoms with Gasteiger partial charge in [0.1, 0.15) is 36.4 Å². The van der Waals surface area contributed by atoms with Crippen molar-refractivity contribution >= 4 is 88.7 Å². The topological polar surface area (TPSA) is 411 Å². The smallest absolute Gasteiger partial charge is 0.305 e. The van der Waals surface area contributed by atoms with Gasteiger partial charge in [0.25, 0.3) is 0 Å². The number of aliphatic hydroxyl groups is 2. The number of aliphatic carboxylic acids is 3. The van der Waals surface area contributed by atoms with E-state index in [1.165, 1.54) is 30.4 Å². The average molecular weight is 972 g/mol. The standard InChI is InChI=1S/C39H57N9O16S2/c1-18-34(59)45-24(9-11-30(54)55)36(61)48-32(19(2)49)39(64)41-13-28(51)44-23(8-10-29(52)53)35(60)47-26(33(40)58)16-65-14-21-6-4-5-7-22(21)15-66-17-27(43-20(3)50)38(63)46-25(12-31(56)57)37(62)42-18/h4-7,18-19,23-27,32,34,45,49,59H,8-17H2,1-3H3,(H2,40,58)(H,41,64)(H,42,62)(H,43,50)(H,44,51)(H,46,63)(H,47,60)(H,48,61)(H,52,53)(H,54,55)(H,56,57)/t18-,19-,23-,24-,25-,26-,27-,32-,34?/m0/s1. The van der Waals surface area contributed by atoms with Crippen molar-refractivity contribution in [1.82, 2.24) is 42.5 Å². The molecule has 0 bridgehead atoms. The van der Waals surface area contributed by atoms with Crippen LogP contribution in [0.25, 0.3) is 0 Å². The molecule has 1 heterocycles. The predicted molar refractivity (Wildman–Crippen MR) is 235 cm³/mol. The second-order valence-electron chi connectivity index (χ2n) is 15.1. The molecule has 66 heavy (non-hydrogen) atoms. The lowest BCUT2D eigenvalue weighted by Gasteiger charge is -2.29. The molecule has 25 nitrogen and oxygen atoms in total. The maximum atomic E-state index is 13.5. The van der Waals surface area contributed by atoms with Crippen molar-refractivity contribution < 1.29 is 78.3 Å². The molecule has 0 saturated heterocycles. The molecule has 0 fully saturated rings. The molecule has 0 aliphatic carbocycles. The van der Waals surface area contributed by atoms with E-state index in [0.29, 0.717) is 0 Å². The van der Waals surface area contributed by atoms with E-state index < -0.39 is 158 Å². The number of aliphatic hydroxyl groups excluding tert-OH is 2. The van der Waals surface area contributed by atoms with Crippen LogP contribution >= 0.6 is 23.5 Å². The summed E-state index contributed by atoms with van der Waals surface area (Å²) in [6.45, 7) is 2.57. The summed E-state index contributed by atoms with van der Waals surface area (Å²) >= 11 is 2.39. The van der Waals surface area contributed by atoms with E-state index in [4.69, 9.17) is 5.73 Å². The number of nitrogens with one attached hydrogen (secondary N) is 8. The zero-order valence-corrected chi connectivity index (χ0v) is 37.8. The maximum absolute atomic E-state index is 13.5. The number of fused-ring (bicyclic) bond motifs is 1. The number of carbonyl (C=O) groups is 11. The summed E-state index contributed by atoms with van der Waals surface area (Å²) in [6.07, 6.45) is -6.75. The Labute approximate surface area is 386 Å². The van der Waals surface area contributed by atoms with Gasteiger partial charge in [0, 0.05) is 42.8 Å². The molecule has 27 heteroatoms. The zero-order chi connectivity index (χ0) is 49.7. The summed E-state index contributed by atoms with van der Waals surface area (Å²) in [5.41, 5.74) is 7.13. The summed E-state index contributed by atoms with van der Waals surface area (Å²) < 4.78 is 0. The molecule has 366 valence electrons. The number of carboxylic acids is 3. The molecule has 2 rings (SSSR count). The molecular weight excluding hydrogens is 915 g/mol. The van der Waals surface area contributed by atoms with Crippen molar-refractivity contribution in [2.75, 3.05) is 18.1 Å². The molecular formula is C39H57N9O16S2. The van der Waals surface area contributed by atoms with Crippen molar-refractivity contribution in [3.05, 3.63) is 35.4 Å². The van der Waals surface area contributed by atoms with Gasteiger partial charge in [-0.3, -0.25) is 58.1 Å². The molecule has 0 saturated carbocycles. The monoisotopic (exact) mass is 971 g/mol. The number of thioether (sulfide) groups is 2. The van der Waals surface area contributed by atoms with Crippen LogP contribution in [0.1, 0.15) is 64.0 Å². The van der Waals surface area contributed by atoms with Crippen LogP contribution in [0.2, 0.25) is 0 Å². The Morgan fingerprint density at radius 3 is 1.82 bits per heavy atom. The highest BCUT2D eigenvalue weighted by Gasteiger charge is 2.34. The van der Waals surface area contributed by atoms with Crippen LogP contribution in [0.4, 0.5) is 0 Å². The molecule has 0 radical (unpaired) electrons. The van der Waals surface area contributed by atoms with E-state index >= 15 is 0 Å². The van der Waals surface area contributed by atoms with Crippen molar-refractivity contribution in [3.63, 3.8) is 0 Å². The van der Waals surface area contributed by atoms with Crippen molar-refractivity contribution in [2.45, 2.75) is 119 Å². The Kier molecular flexibility index (Phi) is 23.9. The van der Waals surface area contributed by atoms with Gasteiger partial charge in [-0.2, -0.15) is 23.5 Å². The molecule has 1 unspecified atom stereocenters. The third-order valence-corrected chi connectivity index (χ3v) is 11.7. The zero-order valence-electron chi connectivity index (χ0n) is 36.2. The van der Waals surface area contributed by atoms with Gasteiger partial charge in [0.2, 0.25) is 47.3 Å². The van der Waals surface area contributed by atoms with Crippen molar-refractivity contribution in [2.24, 2.45) is 5.73 Å². The lowest BCUT2D eigenvalue weighted by Crippen LogP contribution is -2.61. The largest absolute Gasteiger partial charge is 0.481 e. The first kappa shape index (κ1) is 56.1. The van der Waals surface area contributed by atoms with Gasteiger partial charge < -0.3 is 68.5 Å². The molecule has 1 aliphatic rings. The molecule has 1 aromatic carbocycles. The molecule has 0 spiro atoms. The Hall–Kier alpha value is -6.03. The predicted octanol–water partition coefficient (Wildman–Crippen LogP) is -4.42. The normalized spacial score (nSPS) is 25.7. The van der Waals surface area contributed by atoms with Crippen LogP contribution in [0, 0.1) is 0 Å². The minimum Gasteiger partial charge on any atom is -0.481 e. The van der Waals surface area contributed by atoms with Crippen LogP contribution < -0.4 is 48.3 Å². The first-order valence-corrected chi connectivity index (χ1v) is 22.6. The summed E-state index contributed by atoms with van der Waals surface area (Å²) in [4.78, 5) is 139. The fraction of sp³-hybridized carbons (Fsp3) is 0.564. The third-order valence-electron chi connectivity index (χ3n) is 9.53. The van der Waals surface area contributed by atoms with Gasteiger partial charge >= 0.3 is 17.9 Å². The number of carbonyl (C=O) groups excluding carboxylic acids is 8. The lowest BCUT2D eigenvalue weighted by atomic mass is 10.1. The number of primary amides is 1. The van der Waals surface area contributed by atoms with E-state index in [2.05, 4.69) is 42.5 Å². The number of benzene rings is 1. The molecule has 1 aliphatic heterocycles. The number of carboxylic acid groups (broad SMARTS) is 3. The first-order chi connectivity index (χ1) is 31.0. The van der Waals surface area contributed by atoms with Crippen LogP contribution in [-0.4, -0.2) is 163 Å². The molecule has 8 amide bonds. The minimum absolute atomic E-state index is 0.0694. The average Bonchev–Trinajstić information content (AvgIpc) is 3.22. The van der Waals surface area contributed by atoms with E-state index in [-0.39, 0.29) is 23.0 Å². The SMILES string of the molecule is CC(=O)N[C@H]1CSCc2ccccc2CSC[C@@H](C(N)=O)NC(=O)[C@H](CCC(=O)O)NC(=O)CNC(=O)[C@H]([C@H](C)O)NC(=O)[C@H](CCC(=O)O)NC(O)[C@H](C)NC(=O)[C@H](CC(=O)O)NC1=O. The van der Waals surface area contributed by atoms with Gasteiger partial charge in [0.05, 0.1) is 31.2 Å². The molecule has 15 N–H and O–H groups in total.